The predicted octanol–water partition coefficient (Wildman–Crippen LogP) is 4.43. The van der Waals surface area contributed by atoms with Crippen LogP contribution >= 0.6 is 0 Å². The van der Waals surface area contributed by atoms with Crippen molar-refractivity contribution in [2.45, 2.75) is 84.0 Å². The number of Topliss-reactive ketones (excluding diaryl/α,β-unsaturated/α-hetero) is 1. The summed E-state index contributed by atoms with van der Waals surface area (Å²) in [4.78, 5) is 22.3. The van der Waals surface area contributed by atoms with Crippen molar-refractivity contribution < 1.29 is 14.3 Å². The Morgan fingerprint density at radius 3 is 1.74 bits per heavy atom. The van der Waals surface area contributed by atoms with Gasteiger partial charge in [-0.25, -0.2) is 0 Å². The Hall–Kier alpha value is -0.860. The quantitative estimate of drug-likeness (QED) is 0.367. The average Bonchev–Trinajstić information content (AvgIpc) is 2.42. The highest BCUT2D eigenvalue weighted by molar-refractivity contribution is 5.78. The number of hydrogen-bond donors (Lipinski definition) is 0. The lowest BCUT2D eigenvalue weighted by Crippen LogP contribution is -1.99. The zero-order valence-electron chi connectivity index (χ0n) is 12.7. The second-order valence-electron chi connectivity index (χ2n) is 5.19. The van der Waals surface area contributed by atoms with E-state index < -0.39 is 0 Å². The molecule has 0 fully saturated rings. The van der Waals surface area contributed by atoms with Gasteiger partial charge in [0.2, 0.25) is 0 Å². The minimum absolute atomic E-state index is 0.106. The average molecular weight is 270 g/mol. The molecule has 19 heavy (non-hydrogen) atoms. The second kappa shape index (κ2) is 13.6. The number of methoxy groups -OCH3 is 1. The summed E-state index contributed by atoms with van der Waals surface area (Å²) in [6, 6.07) is 0. The van der Waals surface area contributed by atoms with Gasteiger partial charge in [-0.15, -0.1) is 0 Å². The van der Waals surface area contributed by atoms with Crippen LogP contribution in [0.5, 0.6) is 0 Å². The molecule has 0 bridgehead atoms. The van der Waals surface area contributed by atoms with Crippen molar-refractivity contribution in [2.75, 3.05) is 7.11 Å². The van der Waals surface area contributed by atoms with E-state index in [2.05, 4.69) is 11.7 Å². The lowest BCUT2D eigenvalue weighted by Gasteiger charge is -2.02. The van der Waals surface area contributed by atoms with Crippen LogP contribution in [0.2, 0.25) is 0 Å². The molecule has 3 heteroatoms. The first-order chi connectivity index (χ1) is 9.20. The molecule has 0 aromatic carbocycles. The Bertz CT molecular complexity index is 236. The lowest BCUT2D eigenvalue weighted by atomic mass is 10.0. The molecule has 0 aromatic heterocycles. The molecule has 0 aliphatic rings. The standard InChI is InChI=1S/C16H30O3/c1-3-4-12-15(17)13-10-8-6-5-7-9-11-14-16(18)19-2/h3-14H2,1-2H3. The van der Waals surface area contributed by atoms with E-state index in [9.17, 15) is 9.59 Å². The van der Waals surface area contributed by atoms with Gasteiger partial charge in [-0.3, -0.25) is 9.59 Å². The maximum absolute atomic E-state index is 11.4. The van der Waals surface area contributed by atoms with Crippen molar-refractivity contribution >= 4 is 11.8 Å². The Morgan fingerprint density at radius 2 is 1.21 bits per heavy atom. The van der Waals surface area contributed by atoms with E-state index in [0.717, 1.165) is 51.4 Å². The van der Waals surface area contributed by atoms with Gasteiger partial charge in [-0.1, -0.05) is 45.4 Å². The van der Waals surface area contributed by atoms with Crippen LogP contribution in [0.1, 0.15) is 84.0 Å². The van der Waals surface area contributed by atoms with Gasteiger partial charge in [0.05, 0.1) is 7.11 Å². The fraction of sp³-hybridized carbons (Fsp3) is 0.875. The Balaban J connectivity index is 3.14. The van der Waals surface area contributed by atoms with Crippen LogP contribution in [0.3, 0.4) is 0 Å². The molecule has 112 valence electrons. The Morgan fingerprint density at radius 1 is 0.737 bits per heavy atom. The van der Waals surface area contributed by atoms with E-state index in [4.69, 9.17) is 0 Å². The number of ether oxygens (including phenoxy) is 1. The molecular weight excluding hydrogens is 240 g/mol. The number of carbonyl (C=O) groups excluding carboxylic acids is 2. The third-order valence-electron chi connectivity index (χ3n) is 3.37. The van der Waals surface area contributed by atoms with Crippen molar-refractivity contribution in [1.29, 1.82) is 0 Å². The fourth-order valence-electron chi connectivity index (χ4n) is 2.08. The molecule has 0 unspecified atom stereocenters. The number of ketones is 1. The summed E-state index contributed by atoms with van der Waals surface area (Å²) in [7, 11) is 1.43. The molecule has 0 aliphatic carbocycles. The van der Waals surface area contributed by atoms with Gasteiger partial charge in [0.15, 0.2) is 0 Å². The maximum atomic E-state index is 11.4. The first-order valence-corrected chi connectivity index (χ1v) is 7.79. The van der Waals surface area contributed by atoms with Crippen LogP contribution < -0.4 is 0 Å². The van der Waals surface area contributed by atoms with Gasteiger partial charge in [-0.05, 0) is 19.3 Å². The molecule has 0 atom stereocenters. The highest BCUT2D eigenvalue weighted by Crippen LogP contribution is 2.11. The van der Waals surface area contributed by atoms with Crippen molar-refractivity contribution in [2.24, 2.45) is 0 Å². The molecule has 0 rings (SSSR count). The monoisotopic (exact) mass is 270 g/mol. The first kappa shape index (κ1) is 18.1. The van der Waals surface area contributed by atoms with Crippen LogP contribution in [-0.2, 0) is 14.3 Å². The molecule has 0 N–H and O–H groups in total. The SMILES string of the molecule is CCCCC(=O)CCCCCCCCCC(=O)OC. The van der Waals surface area contributed by atoms with Crippen molar-refractivity contribution in [3.05, 3.63) is 0 Å². The molecule has 0 heterocycles. The van der Waals surface area contributed by atoms with E-state index in [1.807, 2.05) is 0 Å². The fourth-order valence-corrected chi connectivity index (χ4v) is 2.08. The van der Waals surface area contributed by atoms with Gasteiger partial charge in [-0.2, -0.15) is 0 Å². The molecule has 0 aromatic rings. The molecule has 3 nitrogen and oxygen atoms in total. The maximum Gasteiger partial charge on any atom is 0.305 e. The summed E-state index contributed by atoms with van der Waals surface area (Å²) in [5.74, 6) is 0.325. The minimum atomic E-state index is -0.106. The van der Waals surface area contributed by atoms with Crippen LogP contribution in [0, 0.1) is 0 Å². The van der Waals surface area contributed by atoms with Gasteiger partial charge < -0.3 is 4.74 Å². The van der Waals surface area contributed by atoms with Crippen LogP contribution in [0.25, 0.3) is 0 Å². The van der Waals surface area contributed by atoms with Gasteiger partial charge in [0, 0.05) is 19.3 Å². The summed E-state index contributed by atoms with van der Waals surface area (Å²) >= 11 is 0. The number of rotatable bonds is 13. The van der Waals surface area contributed by atoms with Crippen molar-refractivity contribution in [3.8, 4) is 0 Å². The molecule has 0 saturated heterocycles. The largest absolute Gasteiger partial charge is 0.469 e. The van der Waals surface area contributed by atoms with E-state index in [1.165, 1.54) is 26.4 Å². The number of unbranched alkanes of at least 4 members (excludes halogenated alkanes) is 7. The van der Waals surface area contributed by atoms with E-state index in [1.54, 1.807) is 0 Å². The van der Waals surface area contributed by atoms with Gasteiger partial charge in [0.25, 0.3) is 0 Å². The van der Waals surface area contributed by atoms with E-state index in [0.29, 0.717) is 12.2 Å². The van der Waals surface area contributed by atoms with Gasteiger partial charge in [0.1, 0.15) is 5.78 Å². The predicted molar refractivity (Wildman–Crippen MR) is 78.1 cm³/mol. The zero-order chi connectivity index (χ0) is 14.3. The topological polar surface area (TPSA) is 43.4 Å². The van der Waals surface area contributed by atoms with Gasteiger partial charge >= 0.3 is 5.97 Å². The molecular formula is C16H30O3. The zero-order valence-corrected chi connectivity index (χ0v) is 12.7. The molecule has 0 spiro atoms. The summed E-state index contributed by atoms with van der Waals surface area (Å²) < 4.78 is 4.59. The van der Waals surface area contributed by atoms with Crippen molar-refractivity contribution in [3.63, 3.8) is 0 Å². The van der Waals surface area contributed by atoms with Crippen LogP contribution in [-0.4, -0.2) is 18.9 Å². The summed E-state index contributed by atoms with van der Waals surface area (Å²) in [5.41, 5.74) is 0. The Kier molecular flexibility index (Phi) is 13.0. The van der Waals surface area contributed by atoms with Crippen molar-refractivity contribution in [1.82, 2.24) is 0 Å². The summed E-state index contributed by atoms with van der Waals surface area (Å²) in [6.07, 6.45) is 12.1. The first-order valence-electron chi connectivity index (χ1n) is 7.79. The summed E-state index contributed by atoms with van der Waals surface area (Å²) in [6.45, 7) is 2.12. The smallest absolute Gasteiger partial charge is 0.305 e. The third-order valence-corrected chi connectivity index (χ3v) is 3.37. The number of esters is 1. The molecule has 0 aliphatic heterocycles. The second-order valence-corrected chi connectivity index (χ2v) is 5.19. The summed E-state index contributed by atoms with van der Waals surface area (Å²) in [5, 5.41) is 0. The lowest BCUT2D eigenvalue weighted by molar-refractivity contribution is -0.140. The number of carbonyl (C=O) groups is 2. The van der Waals surface area contributed by atoms with Crippen LogP contribution in [0.4, 0.5) is 0 Å². The minimum Gasteiger partial charge on any atom is -0.469 e. The normalized spacial score (nSPS) is 10.4. The number of hydrogen-bond acceptors (Lipinski definition) is 3. The molecule has 0 radical (unpaired) electrons. The third kappa shape index (κ3) is 13.4. The van der Waals surface area contributed by atoms with Crippen LogP contribution in [0.15, 0.2) is 0 Å². The van der Waals surface area contributed by atoms with E-state index in [-0.39, 0.29) is 5.97 Å². The highest BCUT2D eigenvalue weighted by Gasteiger charge is 2.01. The molecule has 0 saturated carbocycles. The van der Waals surface area contributed by atoms with E-state index >= 15 is 0 Å². The highest BCUT2D eigenvalue weighted by atomic mass is 16.5. The molecule has 0 amide bonds. The Labute approximate surface area is 118 Å².